The molecule has 100 valence electrons. The van der Waals surface area contributed by atoms with Crippen molar-refractivity contribution in [3.8, 4) is 0 Å². The molecule has 0 heterocycles. The molecule has 1 aromatic carbocycles. The maximum Gasteiger partial charge on any atom is 0.128 e. The number of benzene rings is 1. The second kappa shape index (κ2) is 7.11. The van der Waals surface area contributed by atoms with Gasteiger partial charge in [0.15, 0.2) is 0 Å². The van der Waals surface area contributed by atoms with Crippen molar-refractivity contribution in [2.24, 2.45) is 5.73 Å². The molecule has 0 aliphatic carbocycles. The van der Waals surface area contributed by atoms with E-state index < -0.39 is 0 Å². The van der Waals surface area contributed by atoms with Crippen LogP contribution in [0.2, 0.25) is 0 Å². The maximum atomic E-state index is 13.9. The molecule has 0 spiro atoms. The zero-order valence-electron chi connectivity index (χ0n) is 11.2. The molecular weight excluding hydrogens is 229 g/mol. The van der Waals surface area contributed by atoms with Gasteiger partial charge in [-0.05, 0) is 32.0 Å². The van der Waals surface area contributed by atoms with Gasteiger partial charge < -0.3 is 5.73 Å². The predicted octanol–water partition coefficient (Wildman–Crippen LogP) is 2.73. The van der Waals surface area contributed by atoms with Crippen molar-refractivity contribution in [2.45, 2.75) is 33.2 Å². The average molecular weight is 251 g/mol. The van der Waals surface area contributed by atoms with E-state index in [1.165, 1.54) is 6.07 Å². The van der Waals surface area contributed by atoms with Gasteiger partial charge in [-0.25, -0.2) is 4.39 Å². The predicted molar refractivity (Wildman–Crippen MR) is 73.3 cm³/mol. The van der Waals surface area contributed by atoms with Crippen molar-refractivity contribution in [2.75, 3.05) is 13.1 Å². The fraction of sp³-hybridized carbons (Fsp3) is 0.500. The SMILES string of the molecule is CCCN(CCC)Cc1ccc(C(=N)N)cc1F. The third kappa shape index (κ3) is 4.11. The number of halogens is 1. The summed E-state index contributed by atoms with van der Waals surface area (Å²) in [5, 5.41) is 7.28. The zero-order chi connectivity index (χ0) is 13.5. The van der Waals surface area contributed by atoms with Gasteiger partial charge in [-0.1, -0.05) is 26.0 Å². The molecule has 0 saturated carbocycles. The first-order chi connectivity index (χ1) is 8.58. The molecule has 0 radical (unpaired) electrons. The van der Waals surface area contributed by atoms with Crippen molar-refractivity contribution in [3.63, 3.8) is 0 Å². The van der Waals surface area contributed by atoms with E-state index in [4.69, 9.17) is 11.1 Å². The lowest BCUT2D eigenvalue weighted by atomic mass is 10.1. The molecule has 0 aliphatic heterocycles. The van der Waals surface area contributed by atoms with Crippen molar-refractivity contribution in [1.29, 1.82) is 5.41 Å². The normalized spacial score (nSPS) is 10.9. The van der Waals surface area contributed by atoms with Crippen LogP contribution in [0.3, 0.4) is 0 Å². The number of hydrogen-bond donors (Lipinski definition) is 2. The Hall–Kier alpha value is -1.42. The van der Waals surface area contributed by atoms with Crippen LogP contribution in [-0.2, 0) is 6.54 Å². The van der Waals surface area contributed by atoms with Gasteiger partial charge in [0.05, 0.1) is 0 Å². The minimum absolute atomic E-state index is 0.0978. The summed E-state index contributed by atoms with van der Waals surface area (Å²) < 4.78 is 13.9. The molecule has 3 N–H and O–H groups in total. The van der Waals surface area contributed by atoms with Crippen LogP contribution in [0.5, 0.6) is 0 Å². The molecule has 0 saturated heterocycles. The second-order valence-corrected chi connectivity index (χ2v) is 4.50. The Labute approximate surface area is 108 Å². The molecular formula is C14H22FN3. The summed E-state index contributed by atoms with van der Waals surface area (Å²) >= 11 is 0. The number of nitrogens with one attached hydrogen (secondary N) is 1. The summed E-state index contributed by atoms with van der Waals surface area (Å²) in [5.74, 6) is -0.376. The van der Waals surface area contributed by atoms with E-state index in [2.05, 4.69) is 18.7 Å². The van der Waals surface area contributed by atoms with Crippen LogP contribution in [0.4, 0.5) is 4.39 Å². The Bertz CT molecular complexity index is 398. The van der Waals surface area contributed by atoms with Crippen LogP contribution < -0.4 is 5.73 Å². The largest absolute Gasteiger partial charge is 0.384 e. The van der Waals surface area contributed by atoms with Gasteiger partial charge in [0.1, 0.15) is 11.7 Å². The molecule has 4 heteroatoms. The van der Waals surface area contributed by atoms with Crippen LogP contribution in [-0.4, -0.2) is 23.8 Å². The highest BCUT2D eigenvalue weighted by molar-refractivity contribution is 5.94. The number of nitrogen functional groups attached to an aromatic ring is 1. The molecule has 0 fully saturated rings. The van der Waals surface area contributed by atoms with E-state index in [1.807, 2.05) is 0 Å². The minimum Gasteiger partial charge on any atom is -0.384 e. The van der Waals surface area contributed by atoms with Gasteiger partial charge in [0.2, 0.25) is 0 Å². The molecule has 0 atom stereocenters. The van der Waals surface area contributed by atoms with Crippen LogP contribution in [0.15, 0.2) is 18.2 Å². The van der Waals surface area contributed by atoms with Crippen LogP contribution in [0, 0.1) is 11.2 Å². The van der Waals surface area contributed by atoms with Crippen molar-refractivity contribution in [3.05, 3.63) is 35.1 Å². The molecule has 1 aromatic rings. The lowest BCUT2D eigenvalue weighted by Gasteiger charge is -2.21. The molecule has 0 unspecified atom stereocenters. The first kappa shape index (κ1) is 14.6. The Balaban J connectivity index is 2.79. The quantitative estimate of drug-likeness (QED) is 0.578. The van der Waals surface area contributed by atoms with E-state index >= 15 is 0 Å². The standard InChI is InChI=1S/C14H22FN3/c1-3-7-18(8-4-2)10-12-6-5-11(14(16)17)9-13(12)15/h5-6,9H,3-4,7-8,10H2,1-2H3,(H3,16,17). The van der Waals surface area contributed by atoms with Gasteiger partial charge in [-0.15, -0.1) is 0 Å². The number of nitrogens with two attached hydrogens (primary N) is 1. The molecule has 3 nitrogen and oxygen atoms in total. The lowest BCUT2D eigenvalue weighted by molar-refractivity contribution is 0.263. The monoisotopic (exact) mass is 251 g/mol. The topological polar surface area (TPSA) is 53.1 Å². The highest BCUT2D eigenvalue weighted by Crippen LogP contribution is 2.13. The van der Waals surface area contributed by atoms with Crippen LogP contribution in [0.1, 0.15) is 37.8 Å². The molecule has 0 aromatic heterocycles. The van der Waals surface area contributed by atoms with Crippen molar-refractivity contribution < 1.29 is 4.39 Å². The van der Waals surface area contributed by atoms with Crippen LogP contribution in [0.25, 0.3) is 0 Å². The number of amidine groups is 1. The summed E-state index contributed by atoms with van der Waals surface area (Å²) in [6.45, 7) is 6.81. The van der Waals surface area contributed by atoms with Gasteiger partial charge in [-0.2, -0.15) is 0 Å². The Kier molecular flexibility index (Phi) is 5.78. The number of nitrogens with zero attached hydrogens (tertiary/aromatic N) is 1. The molecule has 0 amide bonds. The highest BCUT2D eigenvalue weighted by Gasteiger charge is 2.09. The van der Waals surface area contributed by atoms with Crippen molar-refractivity contribution >= 4 is 5.84 Å². The Morgan fingerprint density at radius 2 is 1.89 bits per heavy atom. The van der Waals surface area contributed by atoms with E-state index in [9.17, 15) is 4.39 Å². The van der Waals surface area contributed by atoms with E-state index in [-0.39, 0.29) is 11.7 Å². The lowest BCUT2D eigenvalue weighted by Crippen LogP contribution is -2.25. The Morgan fingerprint density at radius 3 is 2.33 bits per heavy atom. The Morgan fingerprint density at radius 1 is 1.28 bits per heavy atom. The highest BCUT2D eigenvalue weighted by atomic mass is 19.1. The molecule has 0 bridgehead atoms. The maximum absolute atomic E-state index is 13.9. The zero-order valence-corrected chi connectivity index (χ0v) is 11.2. The third-order valence-corrected chi connectivity index (χ3v) is 2.84. The fourth-order valence-corrected chi connectivity index (χ4v) is 1.99. The number of rotatable bonds is 7. The smallest absolute Gasteiger partial charge is 0.128 e. The summed E-state index contributed by atoms with van der Waals surface area (Å²) in [5.41, 5.74) is 6.44. The summed E-state index contributed by atoms with van der Waals surface area (Å²) in [6, 6.07) is 4.77. The van der Waals surface area contributed by atoms with E-state index in [0.29, 0.717) is 17.7 Å². The van der Waals surface area contributed by atoms with E-state index in [1.54, 1.807) is 12.1 Å². The summed E-state index contributed by atoms with van der Waals surface area (Å²) in [4.78, 5) is 2.24. The molecule has 1 rings (SSSR count). The summed E-state index contributed by atoms with van der Waals surface area (Å²) in [7, 11) is 0. The first-order valence-electron chi connectivity index (χ1n) is 6.43. The second-order valence-electron chi connectivity index (χ2n) is 4.50. The molecule has 0 aliphatic rings. The van der Waals surface area contributed by atoms with E-state index in [0.717, 1.165) is 25.9 Å². The van der Waals surface area contributed by atoms with Crippen LogP contribution >= 0.6 is 0 Å². The first-order valence-corrected chi connectivity index (χ1v) is 6.43. The van der Waals surface area contributed by atoms with Gasteiger partial charge in [0, 0.05) is 17.7 Å². The van der Waals surface area contributed by atoms with Gasteiger partial charge in [0.25, 0.3) is 0 Å². The fourth-order valence-electron chi connectivity index (χ4n) is 1.99. The molecule has 18 heavy (non-hydrogen) atoms. The number of hydrogen-bond acceptors (Lipinski definition) is 2. The van der Waals surface area contributed by atoms with Gasteiger partial charge >= 0.3 is 0 Å². The third-order valence-electron chi connectivity index (χ3n) is 2.84. The average Bonchev–Trinajstić information content (AvgIpc) is 2.32. The van der Waals surface area contributed by atoms with Gasteiger partial charge in [-0.3, -0.25) is 10.3 Å². The summed E-state index contributed by atoms with van der Waals surface area (Å²) in [6.07, 6.45) is 2.13. The van der Waals surface area contributed by atoms with Crippen molar-refractivity contribution in [1.82, 2.24) is 4.90 Å². The minimum atomic E-state index is -0.278.